The summed E-state index contributed by atoms with van der Waals surface area (Å²) in [5.74, 6) is 0.450. The van der Waals surface area contributed by atoms with E-state index >= 15 is 0 Å². The van der Waals surface area contributed by atoms with Gasteiger partial charge in [-0.2, -0.15) is 5.10 Å². The average molecular weight is 434 g/mol. The van der Waals surface area contributed by atoms with Gasteiger partial charge in [-0.25, -0.2) is 14.5 Å². The van der Waals surface area contributed by atoms with E-state index in [0.717, 1.165) is 58.2 Å². The summed E-state index contributed by atoms with van der Waals surface area (Å²) in [7, 11) is 0. The maximum absolute atomic E-state index is 11.0. The maximum atomic E-state index is 11.0. The van der Waals surface area contributed by atoms with Crippen molar-refractivity contribution < 1.29 is 5.11 Å². The van der Waals surface area contributed by atoms with Gasteiger partial charge in [-0.05, 0) is 57.1 Å². The first-order chi connectivity index (χ1) is 15.1. The number of hydrogen-bond acceptors (Lipinski definition) is 4. The van der Waals surface area contributed by atoms with E-state index in [1.54, 1.807) is 0 Å². The topological polar surface area (TPSA) is 67.7 Å². The Balaban J connectivity index is 2.03. The lowest BCUT2D eigenvalue weighted by Gasteiger charge is -2.26. The van der Waals surface area contributed by atoms with Gasteiger partial charge >= 0.3 is 0 Å². The molecule has 1 atom stereocenters. The number of aliphatic hydroxyl groups excluding tert-OH is 1. The van der Waals surface area contributed by atoms with Gasteiger partial charge in [-0.15, -0.1) is 0 Å². The first-order valence-corrected chi connectivity index (χ1v) is 11.6. The van der Waals surface area contributed by atoms with Crippen molar-refractivity contribution >= 4 is 11.3 Å². The highest BCUT2D eigenvalue weighted by molar-refractivity contribution is 5.72. The van der Waals surface area contributed by atoms with E-state index in [4.69, 9.17) is 15.1 Å². The Kier molecular flexibility index (Phi) is 5.61. The van der Waals surface area contributed by atoms with Gasteiger partial charge in [0.1, 0.15) is 11.3 Å². The van der Waals surface area contributed by atoms with Crippen LogP contribution in [0.1, 0.15) is 87.7 Å². The van der Waals surface area contributed by atoms with Crippen LogP contribution in [-0.4, -0.2) is 29.1 Å². The van der Waals surface area contributed by atoms with Crippen molar-refractivity contribution in [2.24, 2.45) is 5.41 Å². The molecule has 0 aliphatic heterocycles. The highest BCUT2D eigenvalue weighted by Crippen LogP contribution is 2.37. The fourth-order valence-corrected chi connectivity index (χ4v) is 4.75. The van der Waals surface area contributed by atoms with Crippen molar-refractivity contribution in [1.82, 2.24) is 24.0 Å². The molecule has 0 spiro atoms. The lowest BCUT2D eigenvalue weighted by molar-refractivity contribution is 0.0635. The number of aryl methyl sites for hydroxylation is 3. The third-order valence-corrected chi connectivity index (χ3v) is 6.53. The predicted molar refractivity (Wildman–Crippen MR) is 129 cm³/mol. The van der Waals surface area contributed by atoms with E-state index in [0.29, 0.717) is 5.92 Å². The monoisotopic (exact) mass is 433 g/mol. The molecule has 0 bridgehead atoms. The van der Waals surface area contributed by atoms with Crippen LogP contribution in [0.4, 0.5) is 0 Å². The summed E-state index contributed by atoms with van der Waals surface area (Å²) < 4.78 is 4.08. The van der Waals surface area contributed by atoms with Crippen LogP contribution in [0, 0.1) is 26.2 Å². The number of fused-ring (bicyclic) bond motifs is 2. The number of aliphatic hydroxyl groups is 1. The molecule has 0 fully saturated rings. The third kappa shape index (κ3) is 3.51. The lowest BCUT2D eigenvalue weighted by Crippen LogP contribution is -2.18. The summed E-state index contributed by atoms with van der Waals surface area (Å²) in [5.41, 5.74) is 8.26. The van der Waals surface area contributed by atoms with Crippen LogP contribution >= 0.6 is 0 Å². The van der Waals surface area contributed by atoms with Crippen LogP contribution < -0.4 is 0 Å². The maximum Gasteiger partial charge on any atom is 0.158 e. The molecular formula is C26H35N5O. The van der Waals surface area contributed by atoms with E-state index in [1.165, 1.54) is 5.56 Å². The normalized spacial score (nSPS) is 13.6. The van der Waals surface area contributed by atoms with Gasteiger partial charge in [0.05, 0.1) is 28.9 Å². The molecule has 0 aliphatic rings. The second-order valence-electron chi connectivity index (χ2n) is 10.0. The Hall–Kier alpha value is -2.73. The molecule has 170 valence electrons. The molecule has 0 radical (unpaired) electrons. The number of hydrogen-bond donors (Lipinski definition) is 1. The van der Waals surface area contributed by atoms with Crippen LogP contribution in [0.15, 0.2) is 24.4 Å². The van der Waals surface area contributed by atoms with Crippen LogP contribution in [-0.2, 0) is 0 Å². The van der Waals surface area contributed by atoms with Gasteiger partial charge < -0.3 is 5.11 Å². The second kappa shape index (κ2) is 8.00. The van der Waals surface area contributed by atoms with E-state index in [-0.39, 0.29) is 5.41 Å². The van der Waals surface area contributed by atoms with E-state index in [9.17, 15) is 5.11 Å². The Bertz CT molecular complexity index is 1290. The number of pyridine rings is 1. The molecule has 32 heavy (non-hydrogen) atoms. The van der Waals surface area contributed by atoms with Crippen molar-refractivity contribution in [1.29, 1.82) is 0 Å². The van der Waals surface area contributed by atoms with Gasteiger partial charge in [0, 0.05) is 17.3 Å². The van der Waals surface area contributed by atoms with Gasteiger partial charge in [0.25, 0.3) is 0 Å². The fourth-order valence-electron chi connectivity index (χ4n) is 4.75. The first-order valence-electron chi connectivity index (χ1n) is 11.6. The molecule has 0 aromatic carbocycles. The van der Waals surface area contributed by atoms with Crippen LogP contribution in [0.25, 0.3) is 22.7 Å². The fraction of sp³-hybridized carbons (Fsp3) is 0.500. The Morgan fingerprint density at radius 3 is 2.19 bits per heavy atom. The summed E-state index contributed by atoms with van der Waals surface area (Å²) >= 11 is 0. The smallest absolute Gasteiger partial charge is 0.158 e. The van der Waals surface area contributed by atoms with Gasteiger partial charge in [-0.1, -0.05) is 40.7 Å². The van der Waals surface area contributed by atoms with Crippen molar-refractivity contribution in [3.05, 3.63) is 52.6 Å². The largest absolute Gasteiger partial charge is 0.388 e. The number of nitrogens with zero attached hydrogens (tertiary/aromatic N) is 5. The van der Waals surface area contributed by atoms with Gasteiger partial charge in [-0.3, -0.25) is 4.40 Å². The predicted octanol–water partition coefficient (Wildman–Crippen LogP) is 5.95. The summed E-state index contributed by atoms with van der Waals surface area (Å²) in [4.78, 5) is 9.88. The molecule has 1 N–H and O–H groups in total. The zero-order valence-corrected chi connectivity index (χ0v) is 20.6. The Labute approximate surface area is 190 Å². The first kappa shape index (κ1) is 22.5. The number of imidazole rings is 2. The molecule has 1 unspecified atom stereocenters. The average Bonchev–Trinajstić information content (AvgIpc) is 3.22. The summed E-state index contributed by atoms with van der Waals surface area (Å²) in [6, 6.07) is 6.13. The highest BCUT2D eigenvalue weighted by atomic mass is 16.3. The quantitative estimate of drug-likeness (QED) is 0.422. The minimum absolute atomic E-state index is 0.288. The zero-order valence-electron chi connectivity index (χ0n) is 20.6. The molecular weight excluding hydrogens is 398 g/mol. The summed E-state index contributed by atoms with van der Waals surface area (Å²) in [6.07, 6.45) is 3.53. The van der Waals surface area contributed by atoms with Crippen molar-refractivity contribution in [2.75, 3.05) is 0 Å². The minimum atomic E-state index is -0.619. The molecule has 0 saturated carbocycles. The van der Waals surface area contributed by atoms with Gasteiger partial charge in [0.15, 0.2) is 5.65 Å². The van der Waals surface area contributed by atoms with Gasteiger partial charge in [0.2, 0.25) is 0 Å². The molecule has 6 nitrogen and oxygen atoms in total. The molecule has 0 amide bonds. The Morgan fingerprint density at radius 2 is 1.56 bits per heavy atom. The van der Waals surface area contributed by atoms with E-state index in [2.05, 4.69) is 24.3 Å². The number of rotatable bonds is 5. The third-order valence-electron chi connectivity index (χ3n) is 6.53. The standard InChI is InChI=1S/C26H35N5O/c1-9-18(10-2)20-14-15(3)29-31-22(17(5)28-25(20)31)21-16(4)27-24-19(12-11-13-30(21)24)23(32)26(6,7)8/h11-14,18,23,32H,9-10H2,1-8H3. The van der Waals surface area contributed by atoms with Crippen molar-refractivity contribution in [2.45, 2.75) is 80.3 Å². The Morgan fingerprint density at radius 1 is 0.938 bits per heavy atom. The molecule has 4 heterocycles. The second-order valence-corrected chi connectivity index (χ2v) is 10.0. The van der Waals surface area contributed by atoms with Crippen molar-refractivity contribution in [3.8, 4) is 11.4 Å². The van der Waals surface area contributed by atoms with Crippen LogP contribution in [0.3, 0.4) is 0 Å². The summed E-state index contributed by atoms with van der Waals surface area (Å²) in [6.45, 7) is 16.7. The molecule has 4 aromatic heterocycles. The molecule has 6 heteroatoms. The van der Waals surface area contributed by atoms with Crippen LogP contribution in [0.5, 0.6) is 0 Å². The van der Waals surface area contributed by atoms with Crippen LogP contribution in [0.2, 0.25) is 0 Å². The highest BCUT2D eigenvalue weighted by Gasteiger charge is 2.29. The minimum Gasteiger partial charge on any atom is -0.388 e. The summed E-state index contributed by atoms with van der Waals surface area (Å²) in [5, 5.41) is 15.9. The molecule has 4 rings (SSSR count). The number of aromatic nitrogens is 5. The lowest BCUT2D eigenvalue weighted by atomic mass is 9.85. The SMILES string of the molecule is CCC(CC)c1cc(C)nn2c(-c3c(C)nc4c(C(O)C(C)(C)C)cccn34)c(C)nc12. The molecule has 0 aliphatic carbocycles. The van der Waals surface area contributed by atoms with E-state index < -0.39 is 6.10 Å². The molecule has 4 aromatic rings. The molecule has 0 saturated heterocycles. The van der Waals surface area contributed by atoms with E-state index in [1.807, 2.05) is 64.4 Å². The van der Waals surface area contributed by atoms with Crippen molar-refractivity contribution in [3.63, 3.8) is 0 Å². The zero-order chi connectivity index (χ0) is 23.4.